The van der Waals surface area contributed by atoms with E-state index in [0.717, 1.165) is 59.1 Å². The number of nitrogens with zero attached hydrogens (tertiary/aromatic N) is 4. The molecule has 3 aromatic heterocycles. The van der Waals surface area contributed by atoms with E-state index in [1.54, 1.807) is 18.1 Å². The van der Waals surface area contributed by atoms with Gasteiger partial charge in [-0.15, -0.1) is 0 Å². The molecule has 4 N–H and O–H groups in total. The summed E-state index contributed by atoms with van der Waals surface area (Å²) >= 11 is 1.57. The number of anilines is 1. The molecule has 0 aliphatic heterocycles. The Kier molecular flexibility index (Phi) is 9.69. The number of rotatable bonds is 12. The molecule has 0 bridgehead atoms. The fraction of sp³-hybridized carbons (Fsp3) is 0.265. The molecule has 5 aromatic rings. The maximum absolute atomic E-state index is 6.30. The van der Waals surface area contributed by atoms with Gasteiger partial charge in [0.15, 0.2) is 11.5 Å². The van der Waals surface area contributed by atoms with E-state index in [9.17, 15) is 0 Å². The second kappa shape index (κ2) is 13.8. The molecular weight excluding hydrogens is 538 g/mol. The Bertz CT molecular complexity index is 1610. The lowest BCUT2D eigenvalue weighted by molar-refractivity contribution is 0.427. The van der Waals surface area contributed by atoms with E-state index in [-0.39, 0.29) is 0 Å². The van der Waals surface area contributed by atoms with Gasteiger partial charge < -0.3 is 11.1 Å². The summed E-state index contributed by atoms with van der Waals surface area (Å²) in [7, 11) is 0. The molecule has 0 saturated heterocycles. The second-order valence-corrected chi connectivity index (χ2v) is 11.2. The van der Waals surface area contributed by atoms with E-state index in [1.807, 2.05) is 61.7 Å². The quantitative estimate of drug-likeness (QED) is 0.105. The Labute approximate surface area is 252 Å². The van der Waals surface area contributed by atoms with Crippen molar-refractivity contribution in [1.29, 1.82) is 0 Å². The third-order valence-electron chi connectivity index (χ3n) is 7.56. The van der Waals surface area contributed by atoms with Crippen LogP contribution < -0.4 is 15.8 Å². The van der Waals surface area contributed by atoms with E-state index in [0.29, 0.717) is 11.2 Å². The Hall–Kier alpha value is -3.98. The number of benzene rings is 2. The number of hydrogen-bond acceptors (Lipinski definition) is 7. The van der Waals surface area contributed by atoms with Crippen LogP contribution in [0.3, 0.4) is 0 Å². The van der Waals surface area contributed by atoms with E-state index in [4.69, 9.17) is 15.7 Å². The molecule has 1 aliphatic carbocycles. The Balaban J connectivity index is 0.00000173. The molecule has 8 heteroatoms. The highest BCUT2D eigenvalue weighted by Gasteiger charge is 2.41. The zero-order valence-electron chi connectivity index (χ0n) is 24.4. The van der Waals surface area contributed by atoms with Crippen LogP contribution in [-0.4, -0.2) is 32.6 Å². The molecule has 1 aliphatic rings. The van der Waals surface area contributed by atoms with E-state index < -0.39 is 0 Å². The van der Waals surface area contributed by atoms with Crippen molar-refractivity contribution in [2.45, 2.75) is 39.7 Å². The number of hydrogen-bond donors (Lipinski definition) is 3. The summed E-state index contributed by atoms with van der Waals surface area (Å²) in [4.78, 5) is 14.3. The first-order valence-corrected chi connectivity index (χ1v) is 15.5. The molecule has 0 atom stereocenters. The third kappa shape index (κ3) is 6.73. The largest absolute Gasteiger partial charge is 0.383 e. The van der Waals surface area contributed by atoms with Crippen molar-refractivity contribution in [2.24, 2.45) is 5.41 Å². The highest BCUT2D eigenvalue weighted by molar-refractivity contribution is 8.00. The fourth-order valence-corrected chi connectivity index (χ4v) is 5.46. The zero-order valence-corrected chi connectivity index (χ0v) is 25.2. The van der Waals surface area contributed by atoms with Crippen molar-refractivity contribution >= 4 is 28.9 Å². The molecule has 2 aromatic carbocycles. The number of fused-ring (bicyclic) bond motifs is 1. The van der Waals surface area contributed by atoms with Gasteiger partial charge in [0.1, 0.15) is 11.3 Å². The summed E-state index contributed by atoms with van der Waals surface area (Å²) in [5, 5.41) is 5.52. The first-order valence-electron chi connectivity index (χ1n) is 14.6. The smallest absolute Gasteiger partial charge is 0.165 e. The van der Waals surface area contributed by atoms with Gasteiger partial charge in [-0.05, 0) is 72.0 Å². The van der Waals surface area contributed by atoms with Crippen molar-refractivity contribution in [3.8, 4) is 28.3 Å². The molecule has 1 fully saturated rings. The summed E-state index contributed by atoms with van der Waals surface area (Å²) in [6.45, 7) is 10.6. The normalized spacial score (nSPS) is 13.4. The first kappa shape index (κ1) is 29.5. The molecule has 6 rings (SSSR count). The van der Waals surface area contributed by atoms with E-state index in [1.165, 1.54) is 24.8 Å². The second-order valence-electron chi connectivity index (χ2n) is 10.3. The van der Waals surface area contributed by atoms with Crippen LogP contribution in [0.1, 0.15) is 38.7 Å². The summed E-state index contributed by atoms with van der Waals surface area (Å²) in [6, 6.07) is 26.7. The molecule has 216 valence electrons. The van der Waals surface area contributed by atoms with Crippen molar-refractivity contribution in [3.63, 3.8) is 0 Å². The summed E-state index contributed by atoms with van der Waals surface area (Å²) in [5.74, 6) is 1.17. The van der Waals surface area contributed by atoms with Crippen LogP contribution in [0.2, 0.25) is 0 Å². The number of imidazole rings is 1. The van der Waals surface area contributed by atoms with Gasteiger partial charge in [-0.2, -0.15) is 0 Å². The predicted octanol–water partition coefficient (Wildman–Crippen LogP) is 7.40. The molecule has 3 heterocycles. The third-order valence-corrected chi connectivity index (χ3v) is 8.10. The topological polar surface area (TPSA) is 93.7 Å². The average molecular weight is 578 g/mol. The molecule has 7 nitrogen and oxygen atoms in total. The lowest BCUT2D eigenvalue weighted by Gasteiger charge is -2.16. The van der Waals surface area contributed by atoms with Crippen molar-refractivity contribution in [2.75, 3.05) is 18.8 Å². The van der Waals surface area contributed by atoms with Crippen LogP contribution in [0, 0.1) is 5.41 Å². The van der Waals surface area contributed by atoms with Gasteiger partial charge in [-0.3, -0.25) is 9.29 Å². The van der Waals surface area contributed by atoms with Gasteiger partial charge in [-0.25, -0.2) is 15.0 Å². The molecule has 1 saturated carbocycles. The van der Waals surface area contributed by atoms with Gasteiger partial charge in [0, 0.05) is 37.1 Å². The van der Waals surface area contributed by atoms with E-state index in [2.05, 4.69) is 62.6 Å². The summed E-state index contributed by atoms with van der Waals surface area (Å²) in [5.41, 5.74) is 13.3. The number of nitrogen functional groups attached to an aromatic ring is 1. The van der Waals surface area contributed by atoms with Gasteiger partial charge in [0.05, 0.1) is 11.3 Å². The maximum atomic E-state index is 6.30. The van der Waals surface area contributed by atoms with Crippen molar-refractivity contribution < 1.29 is 0 Å². The van der Waals surface area contributed by atoms with Gasteiger partial charge in [0.25, 0.3) is 0 Å². The molecule has 0 spiro atoms. The Morgan fingerprint density at radius 1 is 0.976 bits per heavy atom. The minimum absolute atomic E-state index is 0.436. The SMILES string of the molecule is C=CSNCCC1(CNCc2ccc(-n3c(-c4cccnc4N)nc4ccc(-c5ccccc5)nc43)cc2)CC1.CC. The molecule has 0 radical (unpaired) electrons. The number of nitrogens with two attached hydrogens (primary N) is 1. The summed E-state index contributed by atoms with van der Waals surface area (Å²) < 4.78 is 5.43. The average Bonchev–Trinajstić information content (AvgIpc) is 3.71. The molecule has 0 amide bonds. The number of nitrogens with one attached hydrogen (secondary N) is 2. The molecule has 0 unspecified atom stereocenters. The van der Waals surface area contributed by atoms with E-state index >= 15 is 0 Å². The van der Waals surface area contributed by atoms with Gasteiger partial charge in [0.2, 0.25) is 0 Å². The standard InChI is InChI=1S/C32H33N7S.C2H6/c1-2-40-36-20-18-32(16-17-32)22-34-21-23-10-12-25(13-11-23)39-30(26-9-6-19-35-29(26)33)38-28-15-14-27(37-31(28)39)24-7-4-3-5-8-24;1-2/h2-15,19,34,36H,1,16-18,20-22H2,(H2,33,35);1-2H3. The molecule has 42 heavy (non-hydrogen) atoms. The van der Waals surface area contributed by atoms with Crippen LogP contribution in [-0.2, 0) is 6.54 Å². The van der Waals surface area contributed by atoms with Crippen LogP contribution >= 0.6 is 11.9 Å². The fourth-order valence-electron chi connectivity index (χ4n) is 5.12. The minimum atomic E-state index is 0.436. The molecular formula is C34H39N7S. The van der Waals surface area contributed by atoms with Gasteiger partial charge >= 0.3 is 0 Å². The lowest BCUT2D eigenvalue weighted by atomic mass is 10.0. The number of aromatic nitrogens is 4. The maximum Gasteiger partial charge on any atom is 0.165 e. The Morgan fingerprint density at radius 3 is 2.48 bits per heavy atom. The minimum Gasteiger partial charge on any atom is -0.383 e. The zero-order chi connectivity index (χ0) is 29.4. The monoisotopic (exact) mass is 577 g/mol. The highest BCUT2D eigenvalue weighted by Crippen LogP contribution is 2.48. The highest BCUT2D eigenvalue weighted by atomic mass is 32.2. The van der Waals surface area contributed by atoms with Crippen molar-refractivity contribution in [1.82, 2.24) is 29.6 Å². The van der Waals surface area contributed by atoms with Crippen LogP contribution in [0.25, 0.3) is 39.5 Å². The predicted molar refractivity (Wildman–Crippen MR) is 177 cm³/mol. The van der Waals surface area contributed by atoms with Crippen molar-refractivity contribution in [3.05, 3.63) is 103 Å². The lowest BCUT2D eigenvalue weighted by Crippen LogP contribution is -2.25. The van der Waals surface area contributed by atoms with Crippen LogP contribution in [0.15, 0.2) is 97.0 Å². The van der Waals surface area contributed by atoms with Crippen LogP contribution in [0.5, 0.6) is 0 Å². The van der Waals surface area contributed by atoms with Gasteiger partial charge in [-0.1, -0.05) is 74.8 Å². The van der Waals surface area contributed by atoms with Crippen LogP contribution in [0.4, 0.5) is 5.82 Å². The summed E-state index contributed by atoms with van der Waals surface area (Å²) in [6.07, 6.45) is 5.48. The first-order chi connectivity index (χ1) is 20.7. The number of pyridine rings is 2. The Morgan fingerprint density at radius 2 is 1.76 bits per heavy atom.